The first-order valence-electron chi connectivity index (χ1n) is 9.97. The van der Waals surface area contributed by atoms with E-state index in [9.17, 15) is 4.79 Å². The van der Waals surface area contributed by atoms with Gasteiger partial charge in [0.2, 0.25) is 11.9 Å². The Bertz CT molecular complexity index is 989. The van der Waals surface area contributed by atoms with E-state index in [1.165, 1.54) is 0 Å². The minimum Gasteiger partial charge on any atom is -0.353 e. The van der Waals surface area contributed by atoms with Gasteiger partial charge in [-0.3, -0.25) is 4.79 Å². The smallest absolute Gasteiger partial charge is 0.224 e. The zero-order valence-corrected chi connectivity index (χ0v) is 15.6. The van der Waals surface area contributed by atoms with Gasteiger partial charge in [0, 0.05) is 30.3 Å². The molecular weight excluding hydrogens is 354 g/mol. The number of aromatic nitrogens is 5. The Labute approximate surface area is 162 Å². The molecule has 5 rings (SSSR count). The summed E-state index contributed by atoms with van der Waals surface area (Å²) in [6, 6.07) is 10.3. The van der Waals surface area contributed by atoms with Crippen molar-refractivity contribution in [1.82, 2.24) is 30.3 Å². The van der Waals surface area contributed by atoms with Gasteiger partial charge >= 0.3 is 0 Å². The summed E-state index contributed by atoms with van der Waals surface area (Å²) in [5, 5.41) is 15.0. The maximum absolute atomic E-state index is 12.2. The van der Waals surface area contributed by atoms with E-state index in [4.69, 9.17) is 0 Å². The average Bonchev–Trinajstić information content (AvgIpc) is 3.44. The summed E-state index contributed by atoms with van der Waals surface area (Å²) in [6.07, 6.45) is 7.71. The fraction of sp³-hybridized carbons (Fsp3) is 0.450. The summed E-state index contributed by atoms with van der Waals surface area (Å²) < 4.78 is 1.72. The third kappa shape index (κ3) is 3.54. The summed E-state index contributed by atoms with van der Waals surface area (Å²) in [4.78, 5) is 21.2. The Hall–Kier alpha value is -3.03. The Kier molecular flexibility index (Phi) is 4.38. The lowest BCUT2D eigenvalue weighted by atomic mass is 9.85. The molecule has 8 heteroatoms. The topological polar surface area (TPSA) is 97.6 Å². The summed E-state index contributed by atoms with van der Waals surface area (Å²) in [5.74, 6) is 1.65. The van der Waals surface area contributed by atoms with E-state index in [1.54, 1.807) is 10.9 Å². The van der Waals surface area contributed by atoms with Gasteiger partial charge in [0.15, 0.2) is 5.82 Å². The van der Waals surface area contributed by atoms with Gasteiger partial charge in [0.25, 0.3) is 0 Å². The predicted molar refractivity (Wildman–Crippen MR) is 105 cm³/mol. The number of carbonyl (C=O) groups is 1. The molecule has 8 nitrogen and oxygen atoms in total. The molecule has 2 aliphatic carbocycles. The molecule has 2 N–H and O–H groups in total. The van der Waals surface area contributed by atoms with Gasteiger partial charge in [-0.05, 0) is 50.7 Å². The third-order valence-corrected chi connectivity index (χ3v) is 5.56. The fourth-order valence-electron chi connectivity index (χ4n) is 3.80. The zero-order valence-electron chi connectivity index (χ0n) is 15.6. The highest BCUT2D eigenvalue weighted by atomic mass is 16.2. The molecule has 1 aromatic carbocycles. The molecule has 2 heterocycles. The average molecular weight is 377 g/mol. The highest BCUT2D eigenvalue weighted by molar-refractivity contribution is 5.79. The Balaban J connectivity index is 1.24. The number of amides is 1. The zero-order chi connectivity index (χ0) is 18.9. The monoisotopic (exact) mass is 377 g/mol. The number of nitrogens with zero attached hydrogens (tertiary/aromatic N) is 5. The summed E-state index contributed by atoms with van der Waals surface area (Å²) in [6.45, 7) is 0. The quantitative estimate of drug-likeness (QED) is 0.709. The first-order valence-corrected chi connectivity index (χ1v) is 9.97. The van der Waals surface area contributed by atoms with Gasteiger partial charge < -0.3 is 10.6 Å². The molecule has 0 saturated heterocycles. The number of nitrogens with one attached hydrogen (secondary N) is 2. The van der Waals surface area contributed by atoms with Gasteiger partial charge in [0.1, 0.15) is 5.52 Å². The van der Waals surface area contributed by atoms with Crippen molar-refractivity contribution in [3.8, 4) is 5.82 Å². The molecule has 3 aromatic rings. The van der Waals surface area contributed by atoms with Crippen LogP contribution in [-0.2, 0) is 4.79 Å². The van der Waals surface area contributed by atoms with Crippen LogP contribution in [0.1, 0.15) is 38.5 Å². The highest BCUT2D eigenvalue weighted by Gasteiger charge is 2.30. The molecule has 28 heavy (non-hydrogen) atoms. The molecule has 0 bridgehead atoms. The molecule has 144 valence electrons. The molecule has 1 amide bonds. The molecule has 2 fully saturated rings. The van der Waals surface area contributed by atoms with E-state index < -0.39 is 0 Å². The van der Waals surface area contributed by atoms with Crippen LogP contribution in [0.5, 0.6) is 0 Å². The SMILES string of the molecule is O=C(NC1CC1)C1CCC(Nc2nccc(-n3nnc4ccccc43)n2)CC1. The number of carbonyl (C=O) groups excluding carboxylic acids is 1. The van der Waals surface area contributed by atoms with Crippen LogP contribution in [0.2, 0.25) is 0 Å². The van der Waals surface area contributed by atoms with E-state index in [1.807, 2.05) is 30.3 Å². The molecule has 0 unspecified atom stereocenters. The van der Waals surface area contributed by atoms with Crippen molar-refractivity contribution < 1.29 is 4.79 Å². The molecule has 0 atom stereocenters. The number of anilines is 1. The fourth-order valence-corrected chi connectivity index (χ4v) is 3.80. The van der Waals surface area contributed by atoms with E-state index >= 15 is 0 Å². The maximum atomic E-state index is 12.2. The molecule has 0 aliphatic heterocycles. The van der Waals surface area contributed by atoms with E-state index in [0.29, 0.717) is 17.8 Å². The minimum atomic E-state index is 0.146. The van der Waals surface area contributed by atoms with Gasteiger partial charge in [-0.25, -0.2) is 4.98 Å². The standard InChI is InChI=1S/C20H23N7O/c28-19(22-14-9-10-14)13-5-7-15(8-6-13)23-20-21-12-11-18(24-20)27-17-4-2-1-3-16(17)25-26-27/h1-4,11-15H,5-10H2,(H,22,28)(H,21,23,24). The number of rotatable bonds is 5. The summed E-state index contributed by atoms with van der Waals surface area (Å²) in [5.41, 5.74) is 1.74. The van der Waals surface area contributed by atoms with Crippen LogP contribution in [0.25, 0.3) is 16.9 Å². The van der Waals surface area contributed by atoms with Gasteiger partial charge in [-0.2, -0.15) is 9.67 Å². The van der Waals surface area contributed by atoms with E-state index in [2.05, 4.69) is 30.9 Å². The molecule has 2 aromatic heterocycles. The second-order valence-electron chi connectivity index (χ2n) is 7.70. The van der Waals surface area contributed by atoms with Crippen LogP contribution in [0, 0.1) is 5.92 Å². The van der Waals surface area contributed by atoms with Crippen LogP contribution in [0.3, 0.4) is 0 Å². The second kappa shape index (κ2) is 7.18. The van der Waals surface area contributed by atoms with E-state index in [-0.39, 0.29) is 17.9 Å². The number of para-hydroxylation sites is 1. The lowest BCUT2D eigenvalue weighted by molar-refractivity contribution is -0.126. The molecule has 2 saturated carbocycles. The van der Waals surface area contributed by atoms with Crippen molar-refractivity contribution in [2.24, 2.45) is 5.92 Å². The van der Waals surface area contributed by atoms with Crippen molar-refractivity contribution in [1.29, 1.82) is 0 Å². The lowest BCUT2D eigenvalue weighted by Gasteiger charge is -2.28. The highest BCUT2D eigenvalue weighted by Crippen LogP contribution is 2.28. The Morgan fingerprint density at radius 2 is 1.79 bits per heavy atom. The van der Waals surface area contributed by atoms with Gasteiger partial charge in [-0.15, -0.1) is 5.10 Å². The largest absolute Gasteiger partial charge is 0.353 e. The van der Waals surface area contributed by atoms with Crippen molar-refractivity contribution in [2.45, 2.75) is 50.6 Å². The summed E-state index contributed by atoms with van der Waals surface area (Å²) in [7, 11) is 0. The van der Waals surface area contributed by atoms with Gasteiger partial charge in [0.05, 0.1) is 5.52 Å². The second-order valence-corrected chi connectivity index (χ2v) is 7.70. The Morgan fingerprint density at radius 3 is 2.61 bits per heavy atom. The third-order valence-electron chi connectivity index (χ3n) is 5.56. The number of fused-ring (bicyclic) bond motifs is 1. The van der Waals surface area contributed by atoms with Crippen molar-refractivity contribution >= 4 is 22.9 Å². The number of benzene rings is 1. The first kappa shape index (κ1) is 17.1. The maximum Gasteiger partial charge on any atom is 0.224 e. The van der Waals surface area contributed by atoms with Crippen LogP contribution in [0.4, 0.5) is 5.95 Å². The molecule has 0 radical (unpaired) electrons. The number of hydrogen-bond donors (Lipinski definition) is 2. The summed E-state index contributed by atoms with van der Waals surface area (Å²) >= 11 is 0. The Morgan fingerprint density at radius 1 is 1.00 bits per heavy atom. The van der Waals surface area contributed by atoms with Crippen LogP contribution >= 0.6 is 0 Å². The van der Waals surface area contributed by atoms with E-state index in [0.717, 1.165) is 49.6 Å². The first-order chi connectivity index (χ1) is 13.8. The lowest BCUT2D eigenvalue weighted by Crippen LogP contribution is -2.37. The molecule has 0 spiro atoms. The predicted octanol–water partition coefficient (Wildman–Crippen LogP) is 2.46. The minimum absolute atomic E-state index is 0.146. The van der Waals surface area contributed by atoms with Gasteiger partial charge in [-0.1, -0.05) is 17.3 Å². The van der Waals surface area contributed by atoms with Crippen molar-refractivity contribution in [2.75, 3.05) is 5.32 Å². The van der Waals surface area contributed by atoms with Crippen molar-refractivity contribution in [3.05, 3.63) is 36.5 Å². The van der Waals surface area contributed by atoms with Crippen LogP contribution in [0.15, 0.2) is 36.5 Å². The number of hydrogen-bond acceptors (Lipinski definition) is 6. The van der Waals surface area contributed by atoms with Crippen LogP contribution < -0.4 is 10.6 Å². The molecular formula is C20H23N7O. The molecule has 2 aliphatic rings. The normalized spacial score (nSPS) is 22.1. The van der Waals surface area contributed by atoms with Crippen LogP contribution in [-0.4, -0.2) is 43.0 Å². The van der Waals surface area contributed by atoms with Crippen molar-refractivity contribution in [3.63, 3.8) is 0 Å².